The van der Waals surface area contributed by atoms with Crippen molar-refractivity contribution in [3.05, 3.63) is 27.8 Å². The van der Waals surface area contributed by atoms with E-state index >= 15 is 0 Å². The van der Waals surface area contributed by atoms with Gasteiger partial charge in [-0.15, -0.1) is 0 Å². The van der Waals surface area contributed by atoms with Crippen LogP contribution in [0.5, 0.6) is 0 Å². The molecule has 1 aromatic carbocycles. The molecule has 1 rings (SSSR count). The van der Waals surface area contributed by atoms with E-state index in [9.17, 15) is 38.4 Å². The Kier molecular flexibility index (Phi) is 17.5. The summed E-state index contributed by atoms with van der Waals surface area (Å²) >= 11 is 0. The van der Waals surface area contributed by atoms with Crippen molar-refractivity contribution in [1.29, 1.82) is 0 Å². The number of rotatable bonds is 13. The summed E-state index contributed by atoms with van der Waals surface area (Å²) in [4.78, 5) is 98.9. The van der Waals surface area contributed by atoms with Gasteiger partial charge in [-0.25, -0.2) is 0 Å². The van der Waals surface area contributed by atoms with Gasteiger partial charge in [-0.05, 0) is 37.5 Å². The van der Waals surface area contributed by atoms with Crippen LogP contribution in [0.15, 0.2) is 0 Å². The molecule has 1 atom stereocenters. The van der Waals surface area contributed by atoms with Gasteiger partial charge in [0, 0.05) is 52.7 Å². The Morgan fingerprint density at radius 3 is 1.41 bits per heavy atom. The molecule has 0 saturated heterocycles. The molecule has 0 aliphatic rings. The second-order valence-electron chi connectivity index (χ2n) is 9.87. The van der Waals surface area contributed by atoms with E-state index in [1.54, 1.807) is 0 Å². The molecular formula is C31H45N3O12. The predicted octanol–water partition coefficient (Wildman–Crippen LogP) is 1.99. The van der Waals surface area contributed by atoms with Crippen LogP contribution in [-0.2, 0) is 47.7 Å². The molecule has 0 aliphatic carbocycles. The monoisotopic (exact) mass is 651 g/mol. The van der Waals surface area contributed by atoms with E-state index in [0.29, 0.717) is 0 Å². The fourth-order valence-corrected chi connectivity index (χ4v) is 4.46. The number of nitrogens with one attached hydrogen (secondary N) is 2. The molecule has 46 heavy (non-hydrogen) atoms. The number of nitrogens with zero attached hydrogens (tertiary/aromatic N) is 1. The van der Waals surface area contributed by atoms with Gasteiger partial charge in [-0.2, -0.15) is 0 Å². The van der Waals surface area contributed by atoms with Crippen LogP contribution in [0.3, 0.4) is 0 Å². The first-order valence-corrected chi connectivity index (χ1v) is 14.5. The van der Waals surface area contributed by atoms with Gasteiger partial charge in [-0.1, -0.05) is 13.8 Å². The average molecular weight is 652 g/mol. The highest BCUT2D eigenvalue weighted by molar-refractivity contribution is 6.17. The second-order valence-corrected chi connectivity index (χ2v) is 9.87. The second kappa shape index (κ2) is 19.5. The number of amides is 4. The Morgan fingerprint density at radius 1 is 0.609 bits per heavy atom. The van der Waals surface area contributed by atoms with Gasteiger partial charge in [-0.3, -0.25) is 43.3 Å². The molecule has 256 valence electrons. The Morgan fingerprint density at radius 2 is 1.02 bits per heavy atom. The molecule has 0 aliphatic heterocycles. The number of benzene rings is 1. The van der Waals surface area contributed by atoms with Crippen molar-refractivity contribution < 1.29 is 57.3 Å². The number of ether oxygens (including phenoxy) is 4. The Hall–Kier alpha value is -4.82. The zero-order valence-corrected chi connectivity index (χ0v) is 28.3. The molecule has 4 amide bonds. The molecule has 0 bridgehead atoms. The predicted molar refractivity (Wildman–Crippen MR) is 165 cm³/mol. The quantitative estimate of drug-likeness (QED) is 0.232. The molecule has 15 nitrogen and oxygen atoms in total. The van der Waals surface area contributed by atoms with Crippen molar-refractivity contribution in [3.63, 3.8) is 0 Å². The minimum atomic E-state index is -1.04. The van der Waals surface area contributed by atoms with E-state index in [-0.39, 0.29) is 59.9 Å². The van der Waals surface area contributed by atoms with E-state index in [2.05, 4.69) is 10.6 Å². The maximum absolute atomic E-state index is 13.7. The van der Waals surface area contributed by atoms with E-state index in [4.69, 9.17) is 18.9 Å². The van der Waals surface area contributed by atoms with E-state index in [1.807, 2.05) is 13.8 Å². The number of imide groups is 1. The van der Waals surface area contributed by atoms with Crippen molar-refractivity contribution >= 4 is 53.2 Å². The Labute approximate surface area is 268 Å². The first kappa shape index (κ1) is 41.2. The first-order valence-electron chi connectivity index (χ1n) is 14.5. The lowest BCUT2D eigenvalue weighted by Gasteiger charge is -2.28. The van der Waals surface area contributed by atoms with Crippen molar-refractivity contribution in [2.24, 2.45) is 0 Å². The summed E-state index contributed by atoms with van der Waals surface area (Å²) in [5.41, 5.74) is 0.405. The van der Waals surface area contributed by atoms with Gasteiger partial charge in [0.25, 0.3) is 11.8 Å². The van der Waals surface area contributed by atoms with Crippen LogP contribution in [0.25, 0.3) is 0 Å². The average Bonchev–Trinajstić information content (AvgIpc) is 2.94. The number of esters is 4. The summed E-state index contributed by atoms with van der Waals surface area (Å²) in [5.74, 6) is -5.48. The molecule has 2 N–H and O–H groups in total. The fraction of sp³-hybridized carbons (Fsp3) is 0.548. The lowest BCUT2D eigenvalue weighted by Crippen LogP contribution is -2.43. The molecule has 0 aromatic heterocycles. The molecule has 15 heteroatoms. The van der Waals surface area contributed by atoms with Crippen LogP contribution in [0.4, 0.5) is 5.69 Å². The van der Waals surface area contributed by atoms with Gasteiger partial charge in [0.05, 0.1) is 18.3 Å². The minimum absolute atomic E-state index is 0.00105. The standard InChI is InChI=1S/C29H39N3O12.C2H6/c1-14-25(28(39)30-10-24(44-22(9)38)13-43-21(8)37)15(2)27(32(17(4)33)18(5)34)16(3)26(14)29(40)31-23(11-41-19(6)35)12-42-20(7)36;1-2/h23-24H,10-13H2,1-9H3,(H,30,39)(H,31,40);1-2H3. The lowest BCUT2D eigenvalue weighted by atomic mass is 9.89. The molecule has 1 aromatic rings. The number of carbonyl (C=O) groups excluding carboxylic acids is 8. The molecular weight excluding hydrogens is 606 g/mol. The smallest absolute Gasteiger partial charge is 0.303 e. The van der Waals surface area contributed by atoms with Crippen LogP contribution >= 0.6 is 0 Å². The molecule has 1 unspecified atom stereocenters. The molecule has 0 saturated carbocycles. The summed E-state index contributed by atoms with van der Waals surface area (Å²) < 4.78 is 20.0. The van der Waals surface area contributed by atoms with Crippen molar-refractivity contribution in [2.45, 2.75) is 88.3 Å². The topological polar surface area (TPSA) is 201 Å². The van der Waals surface area contributed by atoms with Gasteiger partial charge in [0.1, 0.15) is 19.8 Å². The maximum atomic E-state index is 13.7. The molecule has 0 radical (unpaired) electrons. The fourth-order valence-electron chi connectivity index (χ4n) is 4.46. The largest absolute Gasteiger partial charge is 0.464 e. The Bertz CT molecular complexity index is 1310. The van der Waals surface area contributed by atoms with Crippen LogP contribution in [0.1, 0.15) is 92.8 Å². The number of hydrogen-bond donors (Lipinski definition) is 2. The van der Waals surface area contributed by atoms with Gasteiger partial charge >= 0.3 is 23.9 Å². The summed E-state index contributed by atoms with van der Waals surface area (Å²) in [5, 5.41) is 5.20. The summed E-state index contributed by atoms with van der Waals surface area (Å²) in [6.45, 7) is 14.1. The van der Waals surface area contributed by atoms with Gasteiger partial charge < -0.3 is 29.6 Å². The van der Waals surface area contributed by atoms with Crippen LogP contribution < -0.4 is 15.5 Å². The molecule has 0 heterocycles. The summed E-state index contributed by atoms with van der Waals surface area (Å²) in [6, 6.07) is -0.987. The third-order valence-electron chi connectivity index (χ3n) is 6.12. The molecule has 0 fully saturated rings. The van der Waals surface area contributed by atoms with Gasteiger partial charge in [0.2, 0.25) is 11.8 Å². The molecule has 0 spiro atoms. The van der Waals surface area contributed by atoms with Crippen molar-refractivity contribution in [2.75, 3.05) is 31.3 Å². The maximum Gasteiger partial charge on any atom is 0.303 e. The van der Waals surface area contributed by atoms with Crippen LogP contribution in [0.2, 0.25) is 0 Å². The van der Waals surface area contributed by atoms with E-state index < -0.39 is 59.7 Å². The van der Waals surface area contributed by atoms with Crippen LogP contribution in [-0.4, -0.2) is 86.0 Å². The summed E-state index contributed by atoms with van der Waals surface area (Å²) in [6.07, 6.45) is -1.04. The third kappa shape index (κ3) is 12.7. The highest BCUT2D eigenvalue weighted by Gasteiger charge is 2.31. The van der Waals surface area contributed by atoms with Crippen LogP contribution in [0, 0.1) is 20.8 Å². The highest BCUT2D eigenvalue weighted by Crippen LogP contribution is 2.34. The normalized spacial score (nSPS) is 10.8. The third-order valence-corrected chi connectivity index (χ3v) is 6.12. The number of carbonyl (C=O) groups is 8. The zero-order valence-electron chi connectivity index (χ0n) is 28.3. The highest BCUT2D eigenvalue weighted by atomic mass is 16.6. The van der Waals surface area contributed by atoms with Crippen molar-refractivity contribution in [3.8, 4) is 0 Å². The number of hydrogen-bond acceptors (Lipinski definition) is 12. The number of anilines is 1. The zero-order chi connectivity index (χ0) is 35.9. The van der Waals surface area contributed by atoms with E-state index in [1.165, 1.54) is 20.8 Å². The first-order chi connectivity index (χ1) is 21.4. The van der Waals surface area contributed by atoms with Gasteiger partial charge in [0.15, 0.2) is 6.10 Å². The minimum Gasteiger partial charge on any atom is -0.464 e. The van der Waals surface area contributed by atoms with Crippen molar-refractivity contribution in [1.82, 2.24) is 10.6 Å². The van der Waals surface area contributed by atoms with E-state index in [0.717, 1.165) is 46.4 Å². The summed E-state index contributed by atoms with van der Waals surface area (Å²) in [7, 11) is 0. The Balaban J connectivity index is 0.00000991. The SMILES string of the molecule is CC.CC(=O)OCC(COC(C)=O)NC(=O)c1c(C)c(C(=O)NCC(COC(C)=O)OC(C)=O)c(C)c(N(C(C)=O)C(C)=O)c1C. The lowest BCUT2D eigenvalue weighted by molar-refractivity contribution is -0.155.